The smallest absolute Gasteiger partial charge is 0.423 e. The highest BCUT2D eigenvalue weighted by Crippen LogP contribution is 2.35. The number of hydrogen-bond acceptors (Lipinski definition) is 9. The average Bonchev–Trinajstić information content (AvgIpc) is 3.31. The number of ketones is 1. The number of hydrogen-bond donors (Lipinski definition) is 0. The molecule has 3 heterocycles. The Morgan fingerprint density at radius 2 is 1.91 bits per heavy atom. The monoisotopic (exact) mass is 463 g/mol. The van der Waals surface area contributed by atoms with E-state index in [0.717, 1.165) is 0 Å². The van der Waals surface area contributed by atoms with Crippen LogP contribution in [-0.4, -0.2) is 48.8 Å². The first-order chi connectivity index (χ1) is 16.1. The lowest BCUT2D eigenvalue weighted by molar-refractivity contribution is 0.0527. The second kappa shape index (κ2) is 8.69. The highest BCUT2D eigenvalue weighted by atomic mass is 16.6. The molecule has 0 bridgehead atoms. The minimum Gasteiger partial charge on any atom is -0.465 e. The maximum atomic E-state index is 13.5. The van der Waals surface area contributed by atoms with Crippen molar-refractivity contribution in [3.05, 3.63) is 53.4 Å². The van der Waals surface area contributed by atoms with Crippen LogP contribution < -0.4 is 4.74 Å². The Kier molecular flexibility index (Phi) is 5.90. The Bertz CT molecular complexity index is 1360. The summed E-state index contributed by atoms with van der Waals surface area (Å²) in [5.41, 5.74) is 2.23. The summed E-state index contributed by atoms with van der Waals surface area (Å²) in [6.07, 6.45) is 3.63. The Morgan fingerprint density at radius 3 is 2.50 bits per heavy atom. The lowest BCUT2D eigenvalue weighted by Gasteiger charge is -2.20. The summed E-state index contributed by atoms with van der Waals surface area (Å²) < 4.78 is 17.8. The Hall–Kier alpha value is -4.08. The Balaban J connectivity index is 2.04. The summed E-state index contributed by atoms with van der Waals surface area (Å²) in [6.45, 7) is 10.9. The van der Waals surface area contributed by atoms with Gasteiger partial charge in [0.15, 0.2) is 0 Å². The van der Waals surface area contributed by atoms with E-state index in [9.17, 15) is 9.59 Å². The van der Waals surface area contributed by atoms with E-state index < -0.39 is 17.5 Å². The van der Waals surface area contributed by atoms with Crippen molar-refractivity contribution in [3.8, 4) is 17.1 Å². The summed E-state index contributed by atoms with van der Waals surface area (Å²) in [7, 11) is 0. The van der Waals surface area contributed by atoms with Gasteiger partial charge in [0.05, 0.1) is 29.6 Å². The van der Waals surface area contributed by atoms with Crippen LogP contribution in [0.25, 0.3) is 22.2 Å². The van der Waals surface area contributed by atoms with Gasteiger partial charge in [-0.25, -0.2) is 9.78 Å². The predicted octanol–water partition coefficient (Wildman–Crippen LogP) is 4.51. The van der Waals surface area contributed by atoms with Crippen molar-refractivity contribution in [1.82, 2.24) is 24.7 Å². The van der Waals surface area contributed by atoms with E-state index in [-0.39, 0.29) is 29.4 Å². The molecule has 0 aliphatic heterocycles. The van der Waals surface area contributed by atoms with Crippen molar-refractivity contribution in [1.29, 1.82) is 0 Å². The third kappa shape index (κ3) is 4.26. The van der Waals surface area contributed by atoms with Gasteiger partial charge in [0.25, 0.3) is 0 Å². The van der Waals surface area contributed by atoms with Gasteiger partial charge in [-0.2, -0.15) is 9.55 Å². The van der Waals surface area contributed by atoms with Crippen LogP contribution in [0.15, 0.2) is 35.2 Å². The second-order valence-electron chi connectivity index (χ2n) is 8.65. The molecule has 0 amide bonds. The molecule has 0 aliphatic carbocycles. The summed E-state index contributed by atoms with van der Waals surface area (Å²) in [5, 5.41) is 4.02. The van der Waals surface area contributed by atoms with Gasteiger partial charge in [-0.1, -0.05) is 5.16 Å². The molecule has 0 fully saturated rings. The van der Waals surface area contributed by atoms with Crippen LogP contribution in [-0.2, 0) is 4.74 Å². The quantitative estimate of drug-likeness (QED) is 0.393. The van der Waals surface area contributed by atoms with Crippen LogP contribution in [0, 0.1) is 13.8 Å². The zero-order chi connectivity index (χ0) is 24.6. The van der Waals surface area contributed by atoms with Gasteiger partial charge in [-0.15, -0.1) is 0 Å². The van der Waals surface area contributed by atoms with Crippen molar-refractivity contribution in [3.63, 3.8) is 0 Å². The number of rotatable bonds is 5. The molecule has 0 radical (unpaired) electrons. The molecule has 1 aromatic carbocycles. The molecular formula is C24H25N5O5. The summed E-state index contributed by atoms with van der Waals surface area (Å²) in [4.78, 5) is 39.3. The number of benzene rings is 1. The standard InChI is InChI=1S/C24H25N5O5/c1-7-32-22-27-20-16(21(30)17-12-25-8-9-26-17)10-15(19-13(2)28-34-14(19)3)11-18(20)29(22)23(31)33-24(4,5)6/h8-12H,7H2,1-6H3. The minimum atomic E-state index is -0.755. The van der Waals surface area contributed by atoms with Gasteiger partial charge in [-0.3, -0.25) is 9.78 Å². The highest BCUT2D eigenvalue weighted by Gasteiger charge is 2.28. The molecule has 34 heavy (non-hydrogen) atoms. The van der Waals surface area contributed by atoms with Crippen molar-refractivity contribution >= 4 is 22.9 Å². The van der Waals surface area contributed by atoms with Crippen molar-refractivity contribution in [2.24, 2.45) is 0 Å². The average molecular weight is 463 g/mol. The molecule has 0 atom stereocenters. The maximum Gasteiger partial charge on any atom is 0.423 e. The summed E-state index contributed by atoms with van der Waals surface area (Å²) in [5.74, 6) is 0.173. The topological polar surface area (TPSA) is 122 Å². The van der Waals surface area contributed by atoms with E-state index in [2.05, 4.69) is 20.1 Å². The zero-order valence-electron chi connectivity index (χ0n) is 19.9. The van der Waals surface area contributed by atoms with Gasteiger partial charge in [0.1, 0.15) is 22.6 Å². The first-order valence-corrected chi connectivity index (χ1v) is 10.8. The van der Waals surface area contributed by atoms with Crippen molar-refractivity contribution in [2.75, 3.05) is 6.61 Å². The number of fused-ring (bicyclic) bond motifs is 1. The highest BCUT2D eigenvalue weighted by molar-refractivity contribution is 6.16. The van der Waals surface area contributed by atoms with Crippen LogP contribution in [0.4, 0.5) is 4.79 Å². The molecule has 176 valence electrons. The molecule has 0 saturated heterocycles. The molecule has 10 nitrogen and oxygen atoms in total. The maximum absolute atomic E-state index is 13.5. The lowest BCUT2D eigenvalue weighted by atomic mass is 9.97. The number of aromatic nitrogens is 5. The molecule has 0 unspecified atom stereocenters. The van der Waals surface area contributed by atoms with Gasteiger partial charge in [0.2, 0.25) is 5.78 Å². The first kappa shape index (κ1) is 23.1. The molecule has 0 N–H and O–H groups in total. The fourth-order valence-corrected chi connectivity index (χ4v) is 3.63. The molecule has 10 heteroatoms. The van der Waals surface area contributed by atoms with E-state index >= 15 is 0 Å². The van der Waals surface area contributed by atoms with E-state index in [1.807, 2.05) is 0 Å². The minimum absolute atomic E-state index is 0.0239. The largest absolute Gasteiger partial charge is 0.465 e. The van der Waals surface area contributed by atoms with E-state index in [1.54, 1.807) is 53.7 Å². The molecular weight excluding hydrogens is 438 g/mol. The van der Waals surface area contributed by atoms with E-state index in [1.165, 1.54) is 23.2 Å². The van der Waals surface area contributed by atoms with Crippen molar-refractivity contribution in [2.45, 2.75) is 47.1 Å². The fourth-order valence-electron chi connectivity index (χ4n) is 3.63. The molecule has 0 aliphatic rings. The number of carbonyl (C=O) groups is 2. The molecule has 0 saturated carbocycles. The zero-order valence-corrected chi connectivity index (χ0v) is 19.9. The number of ether oxygens (including phenoxy) is 2. The normalized spacial score (nSPS) is 11.6. The Labute approximate surface area is 195 Å². The van der Waals surface area contributed by atoms with Gasteiger partial charge in [0, 0.05) is 18.0 Å². The number of imidazole rings is 1. The van der Waals surface area contributed by atoms with Crippen LogP contribution in [0.2, 0.25) is 0 Å². The first-order valence-electron chi connectivity index (χ1n) is 10.8. The van der Waals surface area contributed by atoms with Gasteiger partial charge >= 0.3 is 12.1 Å². The van der Waals surface area contributed by atoms with Crippen LogP contribution in [0.5, 0.6) is 6.01 Å². The SMILES string of the molecule is CCOc1nc2c(C(=O)c3cnccn3)cc(-c3c(C)noc3C)cc2n1C(=O)OC(C)(C)C. The molecule has 0 spiro atoms. The number of aryl methyl sites for hydroxylation is 2. The van der Waals surface area contributed by atoms with Crippen LogP contribution in [0.1, 0.15) is 55.2 Å². The van der Waals surface area contributed by atoms with Crippen LogP contribution in [0.3, 0.4) is 0 Å². The van der Waals surface area contributed by atoms with Crippen LogP contribution >= 0.6 is 0 Å². The third-order valence-corrected chi connectivity index (χ3v) is 4.94. The van der Waals surface area contributed by atoms with Crippen molar-refractivity contribution < 1.29 is 23.6 Å². The van der Waals surface area contributed by atoms with E-state index in [0.29, 0.717) is 28.1 Å². The van der Waals surface area contributed by atoms with Gasteiger partial charge < -0.3 is 14.0 Å². The van der Waals surface area contributed by atoms with Gasteiger partial charge in [-0.05, 0) is 59.2 Å². The molecule has 3 aromatic heterocycles. The predicted molar refractivity (Wildman–Crippen MR) is 123 cm³/mol. The molecule has 4 aromatic rings. The second-order valence-corrected chi connectivity index (χ2v) is 8.65. The summed E-state index contributed by atoms with van der Waals surface area (Å²) in [6, 6.07) is 3.46. The Morgan fingerprint density at radius 1 is 1.15 bits per heavy atom. The fraction of sp³-hybridized carbons (Fsp3) is 0.333. The number of nitrogens with zero attached hydrogens (tertiary/aromatic N) is 5. The lowest BCUT2D eigenvalue weighted by Crippen LogP contribution is -2.27. The summed E-state index contributed by atoms with van der Waals surface area (Å²) >= 11 is 0. The third-order valence-electron chi connectivity index (χ3n) is 4.94. The number of carbonyl (C=O) groups excluding carboxylic acids is 2. The van der Waals surface area contributed by atoms with E-state index in [4.69, 9.17) is 14.0 Å². The molecule has 4 rings (SSSR count).